The van der Waals surface area contributed by atoms with Crippen molar-refractivity contribution in [2.75, 3.05) is 6.54 Å². The quantitative estimate of drug-likeness (QED) is 0.767. The monoisotopic (exact) mass is 278 g/mol. The van der Waals surface area contributed by atoms with Crippen molar-refractivity contribution in [2.24, 2.45) is 5.73 Å². The van der Waals surface area contributed by atoms with Crippen molar-refractivity contribution >= 4 is 5.91 Å². The van der Waals surface area contributed by atoms with Crippen LogP contribution in [0.3, 0.4) is 0 Å². The van der Waals surface area contributed by atoms with Gasteiger partial charge in [-0.3, -0.25) is 4.79 Å². The van der Waals surface area contributed by atoms with Crippen LogP contribution in [0.2, 0.25) is 0 Å². The molecule has 4 heteroatoms. The molecule has 0 heterocycles. The number of para-hydroxylation sites is 1. The molecule has 3 N–H and O–H groups in total. The summed E-state index contributed by atoms with van der Waals surface area (Å²) >= 11 is 0. The number of carbonyl (C=O) groups excluding carboxylic acids is 1. The SMILES string of the molecule is CCCNC(C)(CC(C)Oc1ccccc1C)C(N)=O. The molecule has 0 radical (unpaired) electrons. The number of hydrogen-bond donors (Lipinski definition) is 2. The fourth-order valence-electron chi connectivity index (χ4n) is 2.18. The van der Waals surface area contributed by atoms with E-state index in [9.17, 15) is 4.79 Å². The summed E-state index contributed by atoms with van der Waals surface area (Å²) in [6, 6.07) is 7.86. The minimum absolute atomic E-state index is 0.0991. The van der Waals surface area contributed by atoms with E-state index in [0.717, 1.165) is 24.3 Å². The number of nitrogens with one attached hydrogen (secondary N) is 1. The first-order valence-electron chi connectivity index (χ1n) is 7.16. The standard InChI is InChI=1S/C16H26N2O2/c1-5-10-18-16(4,15(17)19)11-13(3)20-14-9-7-6-8-12(14)2/h6-9,13,18H,5,10-11H2,1-4H3,(H2,17,19). The number of nitrogens with two attached hydrogens (primary N) is 1. The lowest BCUT2D eigenvalue weighted by Gasteiger charge is -2.30. The highest BCUT2D eigenvalue weighted by Crippen LogP contribution is 2.21. The maximum atomic E-state index is 11.7. The molecule has 0 aromatic heterocycles. The van der Waals surface area contributed by atoms with Crippen molar-refractivity contribution in [1.82, 2.24) is 5.32 Å². The van der Waals surface area contributed by atoms with Gasteiger partial charge in [0.15, 0.2) is 0 Å². The van der Waals surface area contributed by atoms with Crippen molar-refractivity contribution in [3.05, 3.63) is 29.8 Å². The molecule has 0 saturated heterocycles. The minimum Gasteiger partial charge on any atom is -0.490 e. The summed E-state index contributed by atoms with van der Waals surface area (Å²) in [6.45, 7) is 8.62. The molecule has 1 aromatic carbocycles. The van der Waals surface area contributed by atoms with Crippen LogP contribution < -0.4 is 15.8 Å². The van der Waals surface area contributed by atoms with E-state index in [1.54, 1.807) is 0 Å². The second kappa shape index (κ2) is 7.29. The van der Waals surface area contributed by atoms with E-state index in [1.165, 1.54) is 0 Å². The minimum atomic E-state index is -0.738. The molecule has 1 amide bonds. The zero-order valence-electron chi connectivity index (χ0n) is 12.9. The first-order valence-corrected chi connectivity index (χ1v) is 7.16. The lowest BCUT2D eigenvalue weighted by molar-refractivity contribution is -0.124. The zero-order chi connectivity index (χ0) is 15.2. The van der Waals surface area contributed by atoms with Crippen molar-refractivity contribution < 1.29 is 9.53 Å². The van der Waals surface area contributed by atoms with Gasteiger partial charge in [-0.15, -0.1) is 0 Å². The Morgan fingerprint density at radius 3 is 2.65 bits per heavy atom. The fraction of sp³-hybridized carbons (Fsp3) is 0.562. The number of rotatable bonds is 8. The van der Waals surface area contributed by atoms with Gasteiger partial charge in [0.2, 0.25) is 5.91 Å². The molecule has 0 fully saturated rings. The Labute approximate surface area is 121 Å². The summed E-state index contributed by atoms with van der Waals surface area (Å²) in [5, 5.41) is 3.22. The summed E-state index contributed by atoms with van der Waals surface area (Å²) in [7, 11) is 0. The maximum absolute atomic E-state index is 11.7. The summed E-state index contributed by atoms with van der Waals surface area (Å²) < 4.78 is 5.92. The van der Waals surface area contributed by atoms with Gasteiger partial charge in [-0.1, -0.05) is 25.1 Å². The molecule has 0 spiro atoms. The number of hydrogen-bond acceptors (Lipinski definition) is 3. The number of aryl methyl sites for hydroxylation is 1. The van der Waals surface area contributed by atoms with E-state index < -0.39 is 5.54 Å². The van der Waals surface area contributed by atoms with Gasteiger partial charge in [-0.05, 0) is 45.4 Å². The van der Waals surface area contributed by atoms with Gasteiger partial charge in [-0.2, -0.15) is 0 Å². The predicted octanol–water partition coefficient (Wildman–Crippen LogP) is 2.40. The molecule has 20 heavy (non-hydrogen) atoms. The smallest absolute Gasteiger partial charge is 0.237 e. The maximum Gasteiger partial charge on any atom is 0.237 e. The Kier molecular flexibility index (Phi) is 6.02. The molecule has 0 bridgehead atoms. The van der Waals surface area contributed by atoms with Crippen LogP contribution in [-0.2, 0) is 4.79 Å². The first kappa shape index (κ1) is 16.5. The highest BCUT2D eigenvalue weighted by molar-refractivity contribution is 5.84. The van der Waals surface area contributed by atoms with Gasteiger partial charge < -0.3 is 15.8 Å². The molecule has 112 valence electrons. The topological polar surface area (TPSA) is 64.3 Å². The van der Waals surface area contributed by atoms with Crippen molar-refractivity contribution in [1.29, 1.82) is 0 Å². The molecular formula is C16H26N2O2. The molecule has 1 aromatic rings. The van der Waals surface area contributed by atoms with Crippen LogP contribution in [0, 0.1) is 6.92 Å². The van der Waals surface area contributed by atoms with E-state index in [0.29, 0.717) is 6.42 Å². The normalized spacial score (nSPS) is 15.4. The summed E-state index contributed by atoms with van der Waals surface area (Å²) in [5.41, 5.74) is 5.87. The largest absolute Gasteiger partial charge is 0.490 e. The van der Waals surface area contributed by atoms with Crippen molar-refractivity contribution in [3.8, 4) is 5.75 Å². The van der Waals surface area contributed by atoms with Crippen LogP contribution >= 0.6 is 0 Å². The van der Waals surface area contributed by atoms with Crippen molar-refractivity contribution in [2.45, 2.75) is 52.2 Å². The van der Waals surface area contributed by atoms with Gasteiger partial charge in [-0.25, -0.2) is 0 Å². The van der Waals surface area contributed by atoms with Gasteiger partial charge in [0, 0.05) is 6.42 Å². The molecule has 0 saturated carbocycles. The molecule has 2 atom stereocenters. The molecule has 0 aliphatic carbocycles. The van der Waals surface area contributed by atoms with Crippen LogP contribution in [0.5, 0.6) is 5.75 Å². The Hall–Kier alpha value is -1.55. The molecule has 4 nitrogen and oxygen atoms in total. The molecule has 0 aliphatic heterocycles. The van der Waals surface area contributed by atoms with E-state index in [1.807, 2.05) is 45.0 Å². The molecule has 0 aliphatic rings. The Bertz CT molecular complexity index is 448. The average molecular weight is 278 g/mol. The second-order valence-electron chi connectivity index (χ2n) is 5.52. The summed E-state index contributed by atoms with van der Waals surface area (Å²) in [4.78, 5) is 11.7. The van der Waals surface area contributed by atoms with Gasteiger partial charge in [0.1, 0.15) is 5.75 Å². The lowest BCUT2D eigenvalue weighted by atomic mass is 9.93. The van der Waals surface area contributed by atoms with Crippen LogP contribution in [0.1, 0.15) is 39.2 Å². The van der Waals surface area contributed by atoms with Gasteiger partial charge in [0.05, 0.1) is 11.6 Å². The third-order valence-corrected chi connectivity index (χ3v) is 3.43. The van der Waals surface area contributed by atoms with Crippen molar-refractivity contribution in [3.63, 3.8) is 0 Å². The van der Waals surface area contributed by atoms with Crippen LogP contribution in [0.4, 0.5) is 0 Å². The molecular weight excluding hydrogens is 252 g/mol. The fourth-order valence-corrected chi connectivity index (χ4v) is 2.18. The number of carbonyl (C=O) groups is 1. The van der Waals surface area contributed by atoms with Crippen LogP contribution in [0.15, 0.2) is 24.3 Å². The summed E-state index contributed by atoms with van der Waals surface area (Å²) in [5.74, 6) is 0.508. The Morgan fingerprint density at radius 1 is 1.45 bits per heavy atom. The number of benzene rings is 1. The van der Waals surface area contributed by atoms with Crippen LogP contribution in [-0.4, -0.2) is 24.1 Å². The number of amides is 1. The average Bonchev–Trinajstić information content (AvgIpc) is 2.39. The van der Waals surface area contributed by atoms with E-state index in [4.69, 9.17) is 10.5 Å². The lowest BCUT2D eigenvalue weighted by Crippen LogP contribution is -2.55. The molecule has 2 unspecified atom stereocenters. The Balaban J connectivity index is 2.69. The van der Waals surface area contributed by atoms with Gasteiger partial charge >= 0.3 is 0 Å². The Morgan fingerprint density at radius 2 is 2.10 bits per heavy atom. The zero-order valence-corrected chi connectivity index (χ0v) is 12.9. The van der Waals surface area contributed by atoms with E-state index in [2.05, 4.69) is 12.2 Å². The molecule has 1 rings (SSSR count). The predicted molar refractivity (Wildman–Crippen MR) is 81.8 cm³/mol. The second-order valence-corrected chi connectivity index (χ2v) is 5.52. The first-order chi connectivity index (χ1) is 9.39. The highest BCUT2D eigenvalue weighted by atomic mass is 16.5. The summed E-state index contributed by atoms with van der Waals surface area (Å²) in [6.07, 6.45) is 1.39. The third kappa shape index (κ3) is 4.53. The van der Waals surface area contributed by atoms with Gasteiger partial charge in [0.25, 0.3) is 0 Å². The van der Waals surface area contributed by atoms with Crippen LogP contribution in [0.25, 0.3) is 0 Å². The van der Waals surface area contributed by atoms with E-state index in [-0.39, 0.29) is 12.0 Å². The number of primary amides is 1. The third-order valence-electron chi connectivity index (χ3n) is 3.43. The highest BCUT2D eigenvalue weighted by Gasteiger charge is 2.32. The number of ether oxygens (including phenoxy) is 1. The van der Waals surface area contributed by atoms with E-state index >= 15 is 0 Å².